The number of nitrogens with one attached hydrogen (secondary N) is 1. The summed E-state index contributed by atoms with van der Waals surface area (Å²) in [5.74, 6) is 0.753. The summed E-state index contributed by atoms with van der Waals surface area (Å²) in [5.41, 5.74) is 1.46. The Morgan fingerprint density at radius 2 is 1.92 bits per heavy atom. The molecule has 0 spiro atoms. The summed E-state index contributed by atoms with van der Waals surface area (Å²) in [5, 5.41) is 3.35. The van der Waals surface area contributed by atoms with Crippen LogP contribution >= 0.6 is 0 Å². The first-order chi connectivity index (χ1) is 6.36. The van der Waals surface area contributed by atoms with E-state index >= 15 is 0 Å². The van der Waals surface area contributed by atoms with Gasteiger partial charge in [0.1, 0.15) is 5.83 Å². The van der Waals surface area contributed by atoms with Crippen LogP contribution in [0, 0.1) is 5.92 Å². The van der Waals surface area contributed by atoms with E-state index in [1.54, 1.807) is 6.08 Å². The molecular weight excluding hydrogens is 165 g/mol. The summed E-state index contributed by atoms with van der Waals surface area (Å²) in [4.78, 5) is 0. The van der Waals surface area contributed by atoms with Crippen molar-refractivity contribution in [1.29, 1.82) is 0 Å². The van der Waals surface area contributed by atoms with E-state index in [0.29, 0.717) is 12.3 Å². The molecule has 0 unspecified atom stereocenters. The zero-order valence-electron chi connectivity index (χ0n) is 7.85. The summed E-state index contributed by atoms with van der Waals surface area (Å²) in [7, 11) is 0. The molecule has 0 aromatic heterocycles. The summed E-state index contributed by atoms with van der Waals surface area (Å²) >= 11 is 0. The van der Waals surface area contributed by atoms with Gasteiger partial charge < -0.3 is 5.32 Å². The molecule has 0 saturated carbocycles. The van der Waals surface area contributed by atoms with Crippen LogP contribution in [0.25, 0.3) is 0 Å². The van der Waals surface area contributed by atoms with Gasteiger partial charge in [0, 0.05) is 6.42 Å². The standard InChI is InChI=1S/C11H16FN/c12-11-3-1-9(2-4-11)10-5-7-13-8-6-10/h1,3,10,13H,2,4-8H2. The molecule has 1 N–H and O–H groups in total. The van der Waals surface area contributed by atoms with Crippen molar-refractivity contribution in [2.24, 2.45) is 5.92 Å². The van der Waals surface area contributed by atoms with Crippen molar-refractivity contribution in [2.45, 2.75) is 25.7 Å². The largest absolute Gasteiger partial charge is 0.317 e. The van der Waals surface area contributed by atoms with Crippen molar-refractivity contribution in [1.82, 2.24) is 5.32 Å². The molecule has 2 rings (SSSR count). The molecule has 0 bridgehead atoms. The Labute approximate surface area is 78.7 Å². The molecule has 1 heterocycles. The molecule has 1 aliphatic carbocycles. The monoisotopic (exact) mass is 181 g/mol. The number of hydrogen-bond acceptors (Lipinski definition) is 1. The highest BCUT2D eigenvalue weighted by atomic mass is 19.1. The first-order valence-corrected chi connectivity index (χ1v) is 5.12. The number of hydrogen-bond donors (Lipinski definition) is 1. The lowest BCUT2D eigenvalue weighted by Crippen LogP contribution is -2.28. The molecule has 1 fully saturated rings. The van der Waals surface area contributed by atoms with E-state index in [0.717, 1.165) is 19.5 Å². The van der Waals surface area contributed by atoms with E-state index in [-0.39, 0.29) is 5.83 Å². The average molecular weight is 181 g/mol. The van der Waals surface area contributed by atoms with Crippen molar-refractivity contribution in [3.05, 3.63) is 23.6 Å². The molecule has 1 saturated heterocycles. The Kier molecular flexibility index (Phi) is 2.79. The molecular formula is C11H16FN. The van der Waals surface area contributed by atoms with Gasteiger partial charge in [-0.15, -0.1) is 0 Å². The fraction of sp³-hybridized carbons (Fsp3) is 0.636. The summed E-state index contributed by atoms with van der Waals surface area (Å²) in [6, 6.07) is 0. The highest BCUT2D eigenvalue weighted by molar-refractivity contribution is 5.22. The molecule has 2 heteroatoms. The fourth-order valence-corrected chi connectivity index (χ4v) is 2.16. The third-order valence-electron chi connectivity index (χ3n) is 2.99. The Hall–Kier alpha value is -0.630. The van der Waals surface area contributed by atoms with Crippen molar-refractivity contribution in [3.8, 4) is 0 Å². The zero-order chi connectivity index (χ0) is 9.10. The van der Waals surface area contributed by atoms with Crippen LogP contribution in [0.2, 0.25) is 0 Å². The fourth-order valence-electron chi connectivity index (χ4n) is 2.16. The maximum atomic E-state index is 12.7. The minimum absolute atomic E-state index is 0.0395. The van der Waals surface area contributed by atoms with Gasteiger partial charge in [-0.25, -0.2) is 4.39 Å². The van der Waals surface area contributed by atoms with E-state index < -0.39 is 0 Å². The lowest BCUT2D eigenvalue weighted by Gasteiger charge is -2.26. The third kappa shape index (κ3) is 2.19. The average Bonchev–Trinajstić information content (AvgIpc) is 2.20. The van der Waals surface area contributed by atoms with Crippen LogP contribution < -0.4 is 5.32 Å². The molecule has 72 valence electrons. The van der Waals surface area contributed by atoms with Gasteiger partial charge in [-0.2, -0.15) is 0 Å². The Balaban J connectivity index is 1.99. The van der Waals surface area contributed by atoms with Crippen LogP contribution in [0.15, 0.2) is 23.6 Å². The third-order valence-corrected chi connectivity index (χ3v) is 2.99. The second-order valence-electron chi connectivity index (χ2n) is 3.88. The highest BCUT2D eigenvalue weighted by Gasteiger charge is 2.18. The number of halogens is 1. The number of allylic oxidation sites excluding steroid dienone is 4. The first-order valence-electron chi connectivity index (χ1n) is 5.12. The lowest BCUT2D eigenvalue weighted by molar-refractivity contribution is 0.406. The molecule has 0 amide bonds. The summed E-state index contributed by atoms with van der Waals surface area (Å²) in [6.07, 6.45) is 7.64. The molecule has 1 nitrogen and oxygen atoms in total. The van der Waals surface area contributed by atoms with Gasteiger partial charge in [0.05, 0.1) is 0 Å². The molecule has 1 aliphatic heterocycles. The Morgan fingerprint density at radius 1 is 1.15 bits per heavy atom. The number of rotatable bonds is 1. The van der Waals surface area contributed by atoms with E-state index in [2.05, 4.69) is 5.32 Å². The van der Waals surface area contributed by atoms with E-state index in [9.17, 15) is 4.39 Å². The highest BCUT2D eigenvalue weighted by Crippen LogP contribution is 2.29. The maximum Gasteiger partial charge on any atom is 0.100 e. The van der Waals surface area contributed by atoms with Gasteiger partial charge in [0.2, 0.25) is 0 Å². The van der Waals surface area contributed by atoms with E-state index in [1.807, 2.05) is 6.08 Å². The van der Waals surface area contributed by atoms with Gasteiger partial charge in [0.15, 0.2) is 0 Å². The molecule has 0 radical (unpaired) electrons. The molecule has 13 heavy (non-hydrogen) atoms. The van der Waals surface area contributed by atoms with Crippen LogP contribution in [0.1, 0.15) is 25.7 Å². The predicted octanol–water partition coefficient (Wildman–Crippen LogP) is 2.56. The molecule has 0 aromatic carbocycles. The van der Waals surface area contributed by atoms with Crippen molar-refractivity contribution in [3.63, 3.8) is 0 Å². The maximum absolute atomic E-state index is 12.7. The van der Waals surface area contributed by atoms with Gasteiger partial charge in [-0.1, -0.05) is 11.6 Å². The van der Waals surface area contributed by atoms with Crippen LogP contribution in [-0.2, 0) is 0 Å². The van der Waals surface area contributed by atoms with Crippen molar-refractivity contribution in [2.75, 3.05) is 13.1 Å². The van der Waals surface area contributed by atoms with E-state index in [4.69, 9.17) is 0 Å². The van der Waals surface area contributed by atoms with Gasteiger partial charge in [0.25, 0.3) is 0 Å². The SMILES string of the molecule is FC1=CC=C(C2CCNCC2)CC1. The Bertz CT molecular complexity index is 236. The van der Waals surface area contributed by atoms with Crippen LogP contribution in [0.3, 0.4) is 0 Å². The number of piperidine rings is 1. The lowest BCUT2D eigenvalue weighted by atomic mass is 9.85. The quantitative estimate of drug-likeness (QED) is 0.655. The Morgan fingerprint density at radius 3 is 2.54 bits per heavy atom. The van der Waals surface area contributed by atoms with Crippen LogP contribution in [0.5, 0.6) is 0 Å². The summed E-state index contributed by atoms with van der Waals surface area (Å²) < 4.78 is 12.7. The van der Waals surface area contributed by atoms with Gasteiger partial charge >= 0.3 is 0 Å². The minimum atomic E-state index is 0.0395. The predicted molar refractivity (Wildman–Crippen MR) is 52.1 cm³/mol. The summed E-state index contributed by atoms with van der Waals surface area (Å²) in [6.45, 7) is 2.24. The smallest absolute Gasteiger partial charge is 0.100 e. The molecule has 0 aromatic rings. The second-order valence-corrected chi connectivity index (χ2v) is 3.88. The topological polar surface area (TPSA) is 12.0 Å². The zero-order valence-corrected chi connectivity index (χ0v) is 7.85. The molecule has 2 aliphatic rings. The van der Waals surface area contributed by atoms with Crippen molar-refractivity contribution >= 4 is 0 Å². The van der Waals surface area contributed by atoms with Crippen LogP contribution in [0.4, 0.5) is 4.39 Å². The first kappa shape index (κ1) is 8.95. The normalized spacial score (nSPS) is 25.3. The van der Waals surface area contributed by atoms with Gasteiger partial charge in [-0.05, 0) is 44.3 Å². The van der Waals surface area contributed by atoms with Gasteiger partial charge in [-0.3, -0.25) is 0 Å². The molecule has 0 atom stereocenters. The minimum Gasteiger partial charge on any atom is -0.317 e. The van der Waals surface area contributed by atoms with E-state index in [1.165, 1.54) is 18.4 Å². The second kappa shape index (κ2) is 4.05. The van der Waals surface area contributed by atoms with Crippen molar-refractivity contribution < 1.29 is 4.39 Å². The van der Waals surface area contributed by atoms with Crippen LogP contribution in [-0.4, -0.2) is 13.1 Å².